The third kappa shape index (κ3) is 4.00. The Kier molecular flexibility index (Phi) is 5.42. The first kappa shape index (κ1) is 20.3. The Balaban J connectivity index is 1.56. The average molecular weight is 428 g/mol. The quantitative estimate of drug-likeness (QED) is 0.626. The van der Waals surface area contributed by atoms with Crippen LogP contribution in [0.15, 0.2) is 65.6 Å². The zero-order valence-electron chi connectivity index (χ0n) is 16.5. The molecule has 1 unspecified atom stereocenters. The third-order valence-corrected chi connectivity index (χ3v) is 7.21. The number of hydrogen-bond donors (Lipinski definition) is 0. The van der Waals surface area contributed by atoms with Gasteiger partial charge in [0.15, 0.2) is 9.84 Å². The van der Waals surface area contributed by atoms with Crippen LogP contribution in [0.3, 0.4) is 0 Å². The maximum absolute atomic E-state index is 13.2. The Morgan fingerprint density at radius 1 is 1.13 bits per heavy atom. The van der Waals surface area contributed by atoms with Crippen LogP contribution in [0.4, 0.5) is 4.39 Å². The van der Waals surface area contributed by atoms with Crippen LogP contribution >= 0.6 is 0 Å². The van der Waals surface area contributed by atoms with Crippen molar-refractivity contribution in [1.29, 1.82) is 0 Å². The number of hydrogen-bond acceptors (Lipinski definition) is 4. The highest BCUT2D eigenvalue weighted by atomic mass is 32.2. The summed E-state index contributed by atoms with van der Waals surface area (Å²) in [6.45, 7) is 0.505. The molecule has 1 fully saturated rings. The number of likely N-dealkylation sites (tertiary alicyclic amines) is 1. The van der Waals surface area contributed by atoms with Crippen molar-refractivity contribution in [2.75, 3.05) is 12.3 Å². The molecule has 0 saturated carbocycles. The zero-order valence-corrected chi connectivity index (χ0v) is 17.3. The van der Waals surface area contributed by atoms with E-state index in [2.05, 4.69) is 5.10 Å². The second-order valence-corrected chi connectivity index (χ2v) is 9.47. The van der Waals surface area contributed by atoms with Crippen LogP contribution in [-0.4, -0.2) is 47.3 Å². The van der Waals surface area contributed by atoms with Crippen molar-refractivity contribution in [3.05, 3.63) is 72.2 Å². The van der Waals surface area contributed by atoms with Gasteiger partial charge in [-0.05, 0) is 55.3 Å². The SMILES string of the molecule is Cn1nc(-c2ccc(F)cc2)cc1C(=O)N1CCCC1CS(=O)(=O)c1ccccc1. The maximum Gasteiger partial charge on any atom is 0.272 e. The van der Waals surface area contributed by atoms with Crippen molar-refractivity contribution in [3.63, 3.8) is 0 Å². The van der Waals surface area contributed by atoms with E-state index in [0.29, 0.717) is 29.9 Å². The van der Waals surface area contributed by atoms with Gasteiger partial charge in [0.25, 0.3) is 5.91 Å². The van der Waals surface area contributed by atoms with Crippen LogP contribution in [0.5, 0.6) is 0 Å². The Labute approximate surface area is 174 Å². The van der Waals surface area contributed by atoms with Crippen molar-refractivity contribution in [1.82, 2.24) is 14.7 Å². The maximum atomic E-state index is 13.2. The summed E-state index contributed by atoms with van der Waals surface area (Å²) in [6, 6.07) is 15.5. The summed E-state index contributed by atoms with van der Waals surface area (Å²) in [4.78, 5) is 15.1. The highest BCUT2D eigenvalue weighted by molar-refractivity contribution is 7.91. The first-order valence-corrected chi connectivity index (χ1v) is 11.4. The Morgan fingerprint density at radius 3 is 2.53 bits per heavy atom. The normalized spacial score (nSPS) is 16.7. The van der Waals surface area contributed by atoms with Crippen LogP contribution in [0, 0.1) is 5.82 Å². The van der Waals surface area contributed by atoms with E-state index in [1.807, 2.05) is 0 Å². The highest BCUT2D eigenvalue weighted by Gasteiger charge is 2.34. The molecule has 0 bridgehead atoms. The summed E-state index contributed by atoms with van der Waals surface area (Å²) >= 11 is 0. The fourth-order valence-corrected chi connectivity index (χ4v) is 5.45. The van der Waals surface area contributed by atoms with E-state index in [-0.39, 0.29) is 28.4 Å². The second-order valence-electron chi connectivity index (χ2n) is 7.43. The summed E-state index contributed by atoms with van der Waals surface area (Å²) in [7, 11) is -1.82. The van der Waals surface area contributed by atoms with E-state index >= 15 is 0 Å². The van der Waals surface area contributed by atoms with Gasteiger partial charge in [0, 0.05) is 25.2 Å². The number of nitrogens with zero attached hydrogens (tertiary/aromatic N) is 3. The van der Waals surface area contributed by atoms with Gasteiger partial charge in [0.2, 0.25) is 0 Å². The van der Waals surface area contributed by atoms with Gasteiger partial charge < -0.3 is 4.90 Å². The molecule has 1 aliphatic heterocycles. The van der Waals surface area contributed by atoms with E-state index in [1.165, 1.54) is 16.8 Å². The molecule has 6 nitrogen and oxygen atoms in total. The highest BCUT2D eigenvalue weighted by Crippen LogP contribution is 2.26. The lowest BCUT2D eigenvalue weighted by atomic mass is 10.1. The van der Waals surface area contributed by atoms with Gasteiger partial charge in [0.1, 0.15) is 11.5 Å². The standard InChI is InChI=1S/C22H22FN3O3S/c1-25-21(14-20(24-25)16-9-11-17(23)12-10-16)22(27)26-13-5-6-18(26)15-30(28,29)19-7-3-2-4-8-19/h2-4,7-12,14,18H,5-6,13,15H2,1H3. The lowest BCUT2D eigenvalue weighted by molar-refractivity contribution is 0.0738. The van der Waals surface area contributed by atoms with Crippen LogP contribution in [-0.2, 0) is 16.9 Å². The summed E-state index contributed by atoms with van der Waals surface area (Å²) in [6.07, 6.45) is 1.39. The molecule has 1 atom stereocenters. The van der Waals surface area contributed by atoms with Crippen molar-refractivity contribution in [3.8, 4) is 11.3 Å². The van der Waals surface area contributed by atoms with Gasteiger partial charge in [-0.15, -0.1) is 0 Å². The molecule has 0 aliphatic carbocycles. The Morgan fingerprint density at radius 2 is 1.83 bits per heavy atom. The number of halogens is 1. The van der Waals surface area contributed by atoms with E-state index in [1.54, 1.807) is 60.5 Å². The van der Waals surface area contributed by atoms with Crippen molar-refractivity contribution in [2.45, 2.75) is 23.8 Å². The Bertz CT molecular complexity index is 1160. The number of benzene rings is 2. The van der Waals surface area contributed by atoms with Crippen molar-refractivity contribution >= 4 is 15.7 Å². The minimum absolute atomic E-state index is 0.106. The number of carbonyl (C=O) groups is 1. The monoisotopic (exact) mass is 427 g/mol. The van der Waals surface area contributed by atoms with Crippen LogP contribution in [0.2, 0.25) is 0 Å². The first-order valence-electron chi connectivity index (χ1n) is 9.74. The molecule has 1 aliphatic rings. The van der Waals surface area contributed by atoms with Gasteiger partial charge in [-0.3, -0.25) is 9.48 Å². The first-order chi connectivity index (χ1) is 14.3. The molecule has 0 radical (unpaired) electrons. The van der Waals surface area contributed by atoms with Gasteiger partial charge >= 0.3 is 0 Å². The van der Waals surface area contributed by atoms with E-state index in [9.17, 15) is 17.6 Å². The summed E-state index contributed by atoms with van der Waals surface area (Å²) in [5, 5.41) is 4.38. The predicted molar refractivity (Wildman–Crippen MR) is 111 cm³/mol. The number of amides is 1. The molecular weight excluding hydrogens is 405 g/mol. The molecule has 3 aromatic rings. The van der Waals surface area contributed by atoms with Gasteiger partial charge in [-0.2, -0.15) is 5.10 Å². The molecule has 1 saturated heterocycles. The molecule has 0 spiro atoms. The lowest BCUT2D eigenvalue weighted by Gasteiger charge is -2.24. The fourth-order valence-electron chi connectivity index (χ4n) is 3.83. The molecule has 1 aromatic heterocycles. The molecule has 0 N–H and O–H groups in total. The number of aromatic nitrogens is 2. The van der Waals surface area contributed by atoms with Crippen molar-refractivity contribution < 1.29 is 17.6 Å². The molecule has 156 valence electrons. The minimum Gasteiger partial charge on any atom is -0.333 e. The van der Waals surface area contributed by atoms with Crippen LogP contribution < -0.4 is 0 Å². The number of aryl methyl sites for hydroxylation is 1. The summed E-state index contributed by atoms with van der Waals surface area (Å²) in [5.74, 6) is -0.694. The van der Waals surface area contributed by atoms with Crippen LogP contribution in [0.1, 0.15) is 23.3 Å². The summed E-state index contributed by atoms with van der Waals surface area (Å²) < 4.78 is 40.3. The molecule has 4 rings (SSSR count). The molecule has 30 heavy (non-hydrogen) atoms. The van der Waals surface area contributed by atoms with Gasteiger partial charge in [0.05, 0.1) is 16.3 Å². The fraction of sp³-hybridized carbons (Fsp3) is 0.273. The number of carbonyl (C=O) groups excluding carboxylic acids is 1. The van der Waals surface area contributed by atoms with E-state index < -0.39 is 9.84 Å². The zero-order chi connectivity index (χ0) is 21.3. The molecule has 2 aromatic carbocycles. The Hall–Kier alpha value is -3.00. The summed E-state index contributed by atoms with van der Waals surface area (Å²) in [5.41, 5.74) is 1.64. The average Bonchev–Trinajstić information content (AvgIpc) is 3.35. The van der Waals surface area contributed by atoms with Gasteiger partial charge in [-0.1, -0.05) is 18.2 Å². The third-order valence-electron chi connectivity index (χ3n) is 5.39. The molecule has 2 heterocycles. The predicted octanol–water partition coefficient (Wildman–Crippen LogP) is 3.30. The molecule has 1 amide bonds. The molecular formula is C22H22FN3O3S. The number of rotatable bonds is 5. The topological polar surface area (TPSA) is 72.3 Å². The van der Waals surface area contributed by atoms with Crippen molar-refractivity contribution in [2.24, 2.45) is 7.05 Å². The smallest absolute Gasteiger partial charge is 0.272 e. The lowest BCUT2D eigenvalue weighted by Crippen LogP contribution is -2.40. The largest absolute Gasteiger partial charge is 0.333 e. The minimum atomic E-state index is -3.50. The van der Waals surface area contributed by atoms with Crippen LogP contribution in [0.25, 0.3) is 11.3 Å². The molecule has 8 heteroatoms. The van der Waals surface area contributed by atoms with Gasteiger partial charge in [-0.25, -0.2) is 12.8 Å². The second kappa shape index (κ2) is 8.02. The van der Waals surface area contributed by atoms with E-state index in [4.69, 9.17) is 0 Å². The number of sulfone groups is 1. The van der Waals surface area contributed by atoms with E-state index in [0.717, 1.165) is 6.42 Å².